The van der Waals surface area contributed by atoms with Gasteiger partial charge in [-0.25, -0.2) is 0 Å². The molecule has 0 spiro atoms. The van der Waals surface area contributed by atoms with Gasteiger partial charge in [-0.15, -0.1) is 0 Å². The van der Waals surface area contributed by atoms with Crippen LogP contribution >= 0.6 is 0 Å². The number of aliphatic hydroxyl groups excluding tert-OH is 1. The molecule has 126 valence electrons. The van der Waals surface area contributed by atoms with E-state index in [0.29, 0.717) is 12.3 Å². The average molecular weight is 310 g/mol. The van der Waals surface area contributed by atoms with Crippen LogP contribution in [-0.4, -0.2) is 37.0 Å². The highest BCUT2D eigenvalue weighted by Gasteiger charge is 2.29. The van der Waals surface area contributed by atoms with Crippen molar-refractivity contribution in [3.8, 4) is 11.5 Å². The third-order valence-electron chi connectivity index (χ3n) is 3.41. The van der Waals surface area contributed by atoms with E-state index in [1.54, 1.807) is 7.11 Å². The maximum Gasteiger partial charge on any atom is 0.137 e. The van der Waals surface area contributed by atoms with Crippen molar-refractivity contribution in [2.45, 2.75) is 52.7 Å². The Morgan fingerprint density at radius 3 is 2.36 bits per heavy atom. The molecule has 4 nitrogen and oxygen atoms in total. The molecule has 0 saturated carbocycles. The maximum atomic E-state index is 10.1. The van der Waals surface area contributed by atoms with Crippen molar-refractivity contribution in [3.63, 3.8) is 0 Å². The Balaban J connectivity index is 2.38. The number of nitrogens with two attached hydrogens (primary N) is 1. The zero-order valence-electron chi connectivity index (χ0n) is 14.8. The van der Waals surface area contributed by atoms with E-state index in [4.69, 9.17) is 9.47 Å². The van der Waals surface area contributed by atoms with E-state index in [2.05, 4.69) is 39.9 Å². The fraction of sp³-hybridized carbons (Fsp3) is 0.667. The van der Waals surface area contributed by atoms with Crippen LogP contribution in [0, 0.1) is 5.41 Å². The summed E-state index contributed by atoms with van der Waals surface area (Å²) in [5.74, 6) is 1.47. The summed E-state index contributed by atoms with van der Waals surface area (Å²) in [5, 5.41) is 12.3. The van der Waals surface area contributed by atoms with E-state index in [1.807, 2.05) is 24.3 Å². The van der Waals surface area contributed by atoms with Crippen molar-refractivity contribution in [2.24, 2.45) is 5.41 Å². The third kappa shape index (κ3) is 7.66. The fourth-order valence-electron chi connectivity index (χ4n) is 2.85. The monoisotopic (exact) mass is 310 g/mol. The lowest BCUT2D eigenvalue weighted by atomic mass is 9.82. The molecule has 0 bridgehead atoms. The van der Waals surface area contributed by atoms with Crippen LogP contribution in [0.1, 0.15) is 41.0 Å². The van der Waals surface area contributed by atoms with Gasteiger partial charge >= 0.3 is 0 Å². The van der Waals surface area contributed by atoms with Crippen molar-refractivity contribution in [3.05, 3.63) is 24.3 Å². The number of hydrogen-bond acceptors (Lipinski definition) is 3. The number of ether oxygens (including phenoxy) is 2. The highest BCUT2D eigenvalue weighted by atomic mass is 16.5. The number of methoxy groups -OCH3 is 1. The molecule has 4 heteroatoms. The molecule has 0 unspecified atom stereocenters. The van der Waals surface area contributed by atoms with Gasteiger partial charge in [-0.1, -0.05) is 26.8 Å². The molecule has 1 atom stereocenters. The van der Waals surface area contributed by atoms with E-state index < -0.39 is 6.10 Å². The molecule has 0 radical (unpaired) electrons. The van der Waals surface area contributed by atoms with Crippen molar-refractivity contribution in [1.82, 2.24) is 0 Å². The minimum atomic E-state index is -0.495. The van der Waals surface area contributed by atoms with Crippen LogP contribution in [0.3, 0.4) is 0 Å². The molecule has 0 aliphatic heterocycles. The van der Waals surface area contributed by atoms with Gasteiger partial charge in [0.05, 0.1) is 12.6 Å². The Morgan fingerprint density at radius 1 is 1.14 bits per heavy atom. The second-order valence-electron chi connectivity index (χ2n) is 7.81. The molecule has 0 amide bonds. The van der Waals surface area contributed by atoms with Crippen LogP contribution in [0.4, 0.5) is 0 Å². The second-order valence-corrected chi connectivity index (χ2v) is 7.81. The predicted octanol–water partition coefficient (Wildman–Crippen LogP) is 2.21. The van der Waals surface area contributed by atoms with Gasteiger partial charge in [0.25, 0.3) is 0 Å². The van der Waals surface area contributed by atoms with Crippen LogP contribution in [0.5, 0.6) is 11.5 Å². The smallest absolute Gasteiger partial charge is 0.137 e. The van der Waals surface area contributed by atoms with Crippen LogP contribution in [0.15, 0.2) is 24.3 Å². The standard InChI is InChI=1S/C18H31NO3/c1-17(2,3)13-18(4,5)19-11-14(20)12-22-16-9-7-8-15(10-16)21-6/h7-10,14,19-20H,11-13H2,1-6H3/p+1/t14-/m0/s1. The molecule has 1 aromatic carbocycles. The summed E-state index contributed by atoms with van der Waals surface area (Å²) in [5.41, 5.74) is 0.386. The average Bonchev–Trinajstić information content (AvgIpc) is 2.40. The van der Waals surface area contributed by atoms with Crippen LogP contribution in [0.2, 0.25) is 0 Å². The summed E-state index contributed by atoms with van der Waals surface area (Å²) in [6.07, 6.45) is 0.592. The molecule has 3 N–H and O–H groups in total. The Labute approximate surface area is 134 Å². The Bertz CT molecular complexity index is 452. The molecule has 0 fully saturated rings. The predicted molar refractivity (Wildman–Crippen MR) is 89.4 cm³/mol. The fourth-order valence-corrected chi connectivity index (χ4v) is 2.85. The minimum Gasteiger partial charge on any atom is -0.497 e. The SMILES string of the molecule is COc1cccc(OC[C@@H](O)C[NH2+]C(C)(C)CC(C)(C)C)c1. The third-order valence-corrected chi connectivity index (χ3v) is 3.41. The zero-order chi connectivity index (χ0) is 16.8. The molecule has 0 heterocycles. The number of quaternary nitrogens is 1. The van der Waals surface area contributed by atoms with Gasteiger partial charge in [0.1, 0.15) is 30.8 Å². The normalized spacial score (nSPS) is 13.8. The Hall–Kier alpha value is -1.26. The molecule has 0 aliphatic carbocycles. The molecule has 0 aromatic heterocycles. The largest absolute Gasteiger partial charge is 0.497 e. The molecule has 0 aliphatic rings. The number of benzene rings is 1. The summed E-state index contributed by atoms with van der Waals surface area (Å²) in [7, 11) is 1.63. The summed E-state index contributed by atoms with van der Waals surface area (Å²) >= 11 is 0. The van der Waals surface area contributed by atoms with E-state index in [1.165, 1.54) is 0 Å². The first kappa shape index (κ1) is 18.8. The summed E-state index contributed by atoms with van der Waals surface area (Å²) in [4.78, 5) is 0. The van der Waals surface area contributed by atoms with Crippen molar-refractivity contribution < 1.29 is 19.9 Å². The van der Waals surface area contributed by atoms with Crippen molar-refractivity contribution in [2.75, 3.05) is 20.3 Å². The highest BCUT2D eigenvalue weighted by Crippen LogP contribution is 2.24. The zero-order valence-corrected chi connectivity index (χ0v) is 14.8. The van der Waals surface area contributed by atoms with Crippen LogP contribution in [0.25, 0.3) is 0 Å². The Morgan fingerprint density at radius 2 is 1.77 bits per heavy atom. The summed E-state index contributed by atoms with van der Waals surface area (Å²) in [6.45, 7) is 12.1. The highest BCUT2D eigenvalue weighted by molar-refractivity contribution is 5.32. The van der Waals surface area contributed by atoms with Crippen LogP contribution < -0.4 is 14.8 Å². The van der Waals surface area contributed by atoms with Crippen LogP contribution in [-0.2, 0) is 0 Å². The van der Waals surface area contributed by atoms with Gasteiger partial charge < -0.3 is 19.9 Å². The molecule has 1 rings (SSSR count). The van der Waals surface area contributed by atoms with Crippen molar-refractivity contribution >= 4 is 0 Å². The topological polar surface area (TPSA) is 55.3 Å². The van der Waals surface area contributed by atoms with Gasteiger partial charge in [-0.3, -0.25) is 0 Å². The lowest BCUT2D eigenvalue weighted by Gasteiger charge is -2.31. The summed E-state index contributed by atoms with van der Waals surface area (Å²) in [6, 6.07) is 7.42. The number of hydrogen-bond donors (Lipinski definition) is 2. The first-order valence-electron chi connectivity index (χ1n) is 7.91. The van der Waals surface area contributed by atoms with E-state index in [-0.39, 0.29) is 17.6 Å². The minimum absolute atomic E-state index is 0.106. The van der Waals surface area contributed by atoms with Gasteiger partial charge in [0.2, 0.25) is 0 Å². The first-order valence-corrected chi connectivity index (χ1v) is 7.91. The number of aliphatic hydroxyl groups is 1. The molecular formula is C18H32NO3+. The number of rotatable bonds is 8. The first-order chi connectivity index (χ1) is 10.1. The van der Waals surface area contributed by atoms with Gasteiger partial charge in [0.15, 0.2) is 0 Å². The lowest BCUT2D eigenvalue weighted by molar-refractivity contribution is -0.727. The molecule has 22 heavy (non-hydrogen) atoms. The summed E-state index contributed by atoms with van der Waals surface area (Å²) < 4.78 is 10.8. The van der Waals surface area contributed by atoms with E-state index in [9.17, 15) is 5.11 Å². The maximum absolute atomic E-state index is 10.1. The molecule has 1 aromatic rings. The second kappa shape index (κ2) is 7.84. The van der Waals surface area contributed by atoms with Gasteiger partial charge in [-0.2, -0.15) is 0 Å². The molecular weight excluding hydrogens is 278 g/mol. The van der Waals surface area contributed by atoms with E-state index in [0.717, 1.165) is 12.2 Å². The molecule has 0 saturated heterocycles. The lowest BCUT2D eigenvalue weighted by Crippen LogP contribution is -2.97. The van der Waals surface area contributed by atoms with Gasteiger partial charge in [-0.05, 0) is 31.4 Å². The Kier molecular flexibility index (Phi) is 6.69. The van der Waals surface area contributed by atoms with E-state index >= 15 is 0 Å². The van der Waals surface area contributed by atoms with Crippen molar-refractivity contribution in [1.29, 1.82) is 0 Å². The van der Waals surface area contributed by atoms with Gasteiger partial charge in [0, 0.05) is 12.5 Å². The quantitative estimate of drug-likeness (QED) is 0.774.